The summed E-state index contributed by atoms with van der Waals surface area (Å²) >= 11 is 0. The molecule has 0 unspecified atom stereocenters. The second-order valence-corrected chi connectivity index (χ2v) is 13.5. The molecule has 2 aromatic heterocycles. The van der Waals surface area contributed by atoms with Gasteiger partial charge in [-0.1, -0.05) is 103 Å². The Hall–Kier alpha value is -6.39. The Morgan fingerprint density at radius 2 is 1.02 bits per heavy atom. The van der Waals surface area contributed by atoms with Gasteiger partial charge in [-0.25, -0.2) is 4.98 Å². The van der Waals surface area contributed by atoms with Gasteiger partial charge in [0.1, 0.15) is 0 Å². The van der Waals surface area contributed by atoms with E-state index in [2.05, 4.69) is 178 Å². The van der Waals surface area contributed by atoms with Crippen molar-refractivity contribution in [2.75, 3.05) is 4.90 Å². The predicted octanol–water partition coefficient (Wildman–Crippen LogP) is 10.4. The van der Waals surface area contributed by atoms with E-state index in [1.54, 1.807) is 0 Å². The molecule has 4 nitrogen and oxygen atoms in total. The summed E-state index contributed by atoms with van der Waals surface area (Å²) in [6.45, 7) is 0. The standard InChI is InChI=1S/C45H28N4/c1-3-15-33-30(12-1)42-31-13-2-4-16-34(31)45(33)35-17-5-7-19-37(35)47(41-23-11-14-32(42)43(41)45)28-24-26-29(27-25-28)48-39-21-9-10-22-40(39)49-38-20-8-6-18-36(38)46-44(48)49/h1-27,42H. The quantitative estimate of drug-likeness (QED) is 0.191. The van der Waals surface area contributed by atoms with Crippen LogP contribution in [-0.4, -0.2) is 14.0 Å². The van der Waals surface area contributed by atoms with E-state index in [9.17, 15) is 0 Å². The normalized spacial score (nSPS) is 18.0. The lowest BCUT2D eigenvalue weighted by molar-refractivity contribution is 0.622. The van der Waals surface area contributed by atoms with Gasteiger partial charge in [0.05, 0.1) is 38.9 Å². The molecule has 2 bridgehead atoms. The smallest absolute Gasteiger partial charge is 0.220 e. The molecule has 228 valence electrons. The molecule has 0 saturated carbocycles. The van der Waals surface area contributed by atoms with Gasteiger partial charge in [0.2, 0.25) is 5.78 Å². The molecule has 4 heteroatoms. The molecule has 0 radical (unpaired) electrons. The average molecular weight is 625 g/mol. The van der Waals surface area contributed by atoms with E-state index in [-0.39, 0.29) is 11.3 Å². The first-order chi connectivity index (χ1) is 24.3. The van der Waals surface area contributed by atoms with Crippen molar-refractivity contribution in [2.24, 2.45) is 0 Å². The average Bonchev–Trinajstić information content (AvgIpc) is 3.70. The minimum atomic E-state index is -0.376. The molecule has 0 saturated heterocycles. The van der Waals surface area contributed by atoms with Crippen LogP contribution in [0.2, 0.25) is 0 Å². The fraction of sp³-hybridized carbons (Fsp3) is 0.0444. The summed E-state index contributed by atoms with van der Waals surface area (Å²) in [5, 5.41) is 0. The topological polar surface area (TPSA) is 25.5 Å². The highest BCUT2D eigenvalue weighted by atomic mass is 15.2. The van der Waals surface area contributed by atoms with Crippen molar-refractivity contribution in [2.45, 2.75) is 11.3 Å². The van der Waals surface area contributed by atoms with Gasteiger partial charge < -0.3 is 4.90 Å². The van der Waals surface area contributed by atoms with Gasteiger partial charge in [-0.15, -0.1) is 0 Å². The zero-order valence-electron chi connectivity index (χ0n) is 26.5. The van der Waals surface area contributed by atoms with Gasteiger partial charge in [0, 0.05) is 17.3 Å². The van der Waals surface area contributed by atoms with Crippen molar-refractivity contribution in [1.82, 2.24) is 14.0 Å². The highest BCUT2D eigenvalue weighted by molar-refractivity contribution is 5.95. The van der Waals surface area contributed by atoms with Crippen LogP contribution >= 0.6 is 0 Å². The SMILES string of the molecule is c1ccc2c(c1)C1c3ccccc3C23c2ccccc2N(c2ccc(-n4c5ccccc5n5c6ccccc6nc45)cc2)c2cccc1c23. The Labute approximate surface area is 282 Å². The summed E-state index contributed by atoms with van der Waals surface area (Å²) in [7, 11) is 0. The lowest BCUT2D eigenvalue weighted by Crippen LogP contribution is -2.46. The van der Waals surface area contributed by atoms with Crippen LogP contribution in [0.5, 0.6) is 0 Å². The number of anilines is 3. The fourth-order valence-electron chi connectivity index (χ4n) is 9.67. The van der Waals surface area contributed by atoms with Crippen LogP contribution in [0.25, 0.3) is 33.5 Å². The third-order valence-electron chi connectivity index (χ3n) is 11.4. The van der Waals surface area contributed by atoms with Gasteiger partial charge in [0.15, 0.2) is 0 Å². The maximum absolute atomic E-state index is 5.11. The minimum absolute atomic E-state index is 0.216. The Kier molecular flexibility index (Phi) is 4.68. The molecule has 0 fully saturated rings. The molecule has 9 aromatic rings. The summed E-state index contributed by atoms with van der Waals surface area (Å²) in [4.78, 5) is 7.60. The number of fused-ring (bicyclic) bond motifs is 6. The Bertz CT molecular complexity index is 2810. The highest BCUT2D eigenvalue weighted by Gasteiger charge is 2.56. The summed E-state index contributed by atoms with van der Waals surface area (Å²) in [5.41, 5.74) is 18.6. The maximum Gasteiger partial charge on any atom is 0.220 e. The largest absolute Gasteiger partial charge is 0.310 e. The molecule has 4 aliphatic rings. The van der Waals surface area contributed by atoms with E-state index in [1.165, 1.54) is 50.3 Å². The molecule has 0 N–H and O–H groups in total. The number of para-hydroxylation sites is 5. The van der Waals surface area contributed by atoms with Crippen LogP contribution in [0.4, 0.5) is 17.1 Å². The van der Waals surface area contributed by atoms with E-state index in [1.807, 2.05) is 0 Å². The number of benzene rings is 7. The molecule has 0 amide bonds. The number of nitrogens with zero attached hydrogens (tertiary/aromatic N) is 4. The molecule has 7 aromatic carbocycles. The van der Waals surface area contributed by atoms with E-state index >= 15 is 0 Å². The van der Waals surface area contributed by atoms with E-state index in [4.69, 9.17) is 4.98 Å². The first-order valence-electron chi connectivity index (χ1n) is 17.0. The van der Waals surface area contributed by atoms with Crippen molar-refractivity contribution >= 4 is 44.9 Å². The van der Waals surface area contributed by atoms with Crippen molar-refractivity contribution in [3.63, 3.8) is 0 Å². The first kappa shape index (κ1) is 25.7. The van der Waals surface area contributed by atoms with Crippen molar-refractivity contribution in [3.05, 3.63) is 203 Å². The minimum Gasteiger partial charge on any atom is -0.310 e. The Balaban J connectivity index is 1.10. The molecular formula is C45H28N4. The molecule has 1 aliphatic heterocycles. The first-order valence-corrected chi connectivity index (χ1v) is 17.0. The summed E-state index contributed by atoms with van der Waals surface area (Å²) in [6, 6.07) is 60.4. The zero-order valence-corrected chi connectivity index (χ0v) is 26.5. The number of hydrogen-bond acceptors (Lipinski definition) is 2. The monoisotopic (exact) mass is 624 g/mol. The van der Waals surface area contributed by atoms with E-state index in [0.717, 1.165) is 39.2 Å². The van der Waals surface area contributed by atoms with Gasteiger partial charge >= 0.3 is 0 Å². The predicted molar refractivity (Wildman–Crippen MR) is 197 cm³/mol. The molecule has 13 rings (SSSR count). The van der Waals surface area contributed by atoms with E-state index in [0.29, 0.717) is 0 Å². The molecule has 1 spiro atoms. The summed E-state index contributed by atoms with van der Waals surface area (Å²) < 4.78 is 4.56. The van der Waals surface area contributed by atoms with Gasteiger partial charge in [-0.3, -0.25) is 8.97 Å². The summed E-state index contributed by atoms with van der Waals surface area (Å²) in [5.74, 6) is 1.14. The number of imidazole rings is 2. The van der Waals surface area contributed by atoms with Gasteiger partial charge in [-0.05, 0) is 99.6 Å². The molecule has 3 heterocycles. The third kappa shape index (κ3) is 2.96. The van der Waals surface area contributed by atoms with Crippen LogP contribution in [0, 0.1) is 0 Å². The summed E-state index contributed by atoms with van der Waals surface area (Å²) in [6.07, 6.45) is 0. The lowest BCUT2D eigenvalue weighted by Gasteiger charge is -2.55. The third-order valence-corrected chi connectivity index (χ3v) is 11.4. The molecule has 49 heavy (non-hydrogen) atoms. The highest BCUT2D eigenvalue weighted by Crippen LogP contribution is 2.67. The van der Waals surface area contributed by atoms with Gasteiger partial charge in [-0.2, -0.15) is 0 Å². The lowest BCUT2D eigenvalue weighted by atomic mass is 9.49. The fourth-order valence-corrected chi connectivity index (χ4v) is 9.67. The van der Waals surface area contributed by atoms with Crippen LogP contribution < -0.4 is 4.90 Å². The second kappa shape index (κ2) is 8.94. The van der Waals surface area contributed by atoms with E-state index < -0.39 is 0 Å². The number of rotatable bonds is 2. The number of hydrogen-bond donors (Lipinski definition) is 0. The second-order valence-electron chi connectivity index (χ2n) is 13.5. The van der Waals surface area contributed by atoms with Crippen LogP contribution in [0.15, 0.2) is 164 Å². The Morgan fingerprint density at radius 1 is 0.449 bits per heavy atom. The van der Waals surface area contributed by atoms with Crippen LogP contribution in [0.3, 0.4) is 0 Å². The van der Waals surface area contributed by atoms with Crippen molar-refractivity contribution < 1.29 is 0 Å². The van der Waals surface area contributed by atoms with Crippen molar-refractivity contribution in [1.29, 1.82) is 0 Å². The van der Waals surface area contributed by atoms with Crippen molar-refractivity contribution in [3.8, 4) is 5.69 Å². The van der Waals surface area contributed by atoms with Crippen LogP contribution in [-0.2, 0) is 5.41 Å². The molecule has 0 atom stereocenters. The van der Waals surface area contributed by atoms with Gasteiger partial charge in [0.25, 0.3) is 0 Å². The zero-order chi connectivity index (χ0) is 31.8. The molecular weight excluding hydrogens is 597 g/mol. The number of aromatic nitrogens is 3. The van der Waals surface area contributed by atoms with Crippen LogP contribution in [0.1, 0.15) is 44.9 Å². The Morgan fingerprint density at radius 3 is 1.80 bits per heavy atom. The maximum atomic E-state index is 5.11. The molecule has 3 aliphatic carbocycles.